The molecule has 5 nitrogen and oxygen atoms in total. The number of aryl methyl sites for hydroxylation is 2. The normalized spacial score (nSPS) is 23.3. The van der Waals surface area contributed by atoms with E-state index in [9.17, 15) is 9.90 Å². The van der Waals surface area contributed by atoms with Gasteiger partial charge in [-0.2, -0.15) is 5.10 Å². The lowest BCUT2D eigenvalue weighted by Crippen LogP contribution is -2.45. The number of amides is 1. The van der Waals surface area contributed by atoms with E-state index in [0.717, 1.165) is 37.8 Å². The summed E-state index contributed by atoms with van der Waals surface area (Å²) in [4.78, 5) is 12.3. The molecule has 1 amide bonds. The molecule has 1 aliphatic carbocycles. The first-order valence-electron chi connectivity index (χ1n) is 7.21. The third-order valence-corrected chi connectivity index (χ3v) is 3.77. The SMILES string of the molecule is CCc1cc(C(=O)NC2CCCCC2O)n(CC)n1. The minimum Gasteiger partial charge on any atom is -0.391 e. The molecule has 1 aliphatic rings. The maximum Gasteiger partial charge on any atom is 0.269 e. The highest BCUT2D eigenvalue weighted by Crippen LogP contribution is 2.19. The van der Waals surface area contributed by atoms with Gasteiger partial charge in [0.25, 0.3) is 5.91 Å². The maximum atomic E-state index is 12.3. The Kier molecular flexibility index (Phi) is 4.58. The van der Waals surface area contributed by atoms with Gasteiger partial charge >= 0.3 is 0 Å². The van der Waals surface area contributed by atoms with E-state index in [0.29, 0.717) is 12.2 Å². The molecule has 2 N–H and O–H groups in total. The Morgan fingerprint density at radius 1 is 1.47 bits per heavy atom. The molecule has 5 heteroatoms. The number of hydrogen-bond acceptors (Lipinski definition) is 3. The zero-order chi connectivity index (χ0) is 13.8. The molecule has 2 unspecified atom stereocenters. The summed E-state index contributed by atoms with van der Waals surface area (Å²) < 4.78 is 1.73. The number of carbonyl (C=O) groups excluding carboxylic acids is 1. The molecular formula is C14H23N3O2. The Morgan fingerprint density at radius 2 is 2.21 bits per heavy atom. The standard InChI is InChI=1S/C14H23N3O2/c1-3-10-9-12(17(4-2)16-10)14(19)15-11-7-5-6-8-13(11)18/h9,11,13,18H,3-8H2,1-2H3,(H,15,19). The zero-order valence-corrected chi connectivity index (χ0v) is 11.7. The summed E-state index contributed by atoms with van der Waals surface area (Å²) in [6.07, 6.45) is 4.14. The van der Waals surface area contributed by atoms with Crippen LogP contribution in [0.15, 0.2) is 6.07 Å². The van der Waals surface area contributed by atoms with Gasteiger partial charge in [-0.05, 0) is 32.3 Å². The monoisotopic (exact) mass is 265 g/mol. The van der Waals surface area contributed by atoms with Crippen molar-refractivity contribution in [3.05, 3.63) is 17.5 Å². The number of nitrogens with one attached hydrogen (secondary N) is 1. The first kappa shape index (κ1) is 14.1. The van der Waals surface area contributed by atoms with Crippen LogP contribution in [0.4, 0.5) is 0 Å². The van der Waals surface area contributed by atoms with Crippen molar-refractivity contribution in [1.82, 2.24) is 15.1 Å². The molecule has 1 heterocycles. The second kappa shape index (κ2) is 6.19. The van der Waals surface area contributed by atoms with E-state index in [1.807, 2.05) is 19.9 Å². The summed E-state index contributed by atoms with van der Waals surface area (Å²) in [6.45, 7) is 4.67. The molecule has 0 radical (unpaired) electrons. The quantitative estimate of drug-likeness (QED) is 0.867. The molecule has 1 aromatic heterocycles. The lowest BCUT2D eigenvalue weighted by atomic mass is 9.92. The van der Waals surface area contributed by atoms with Crippen molar-refractivity contribution in [3.63, 3.8) is 0 Å². The number of nitrogens with zero attached hydrogens (tertiary/aromatic N) is 2. The summed E-state index contributed by atoms with van der Waals surface area (Å²) in [5, 5.41) is 17.2. The van der Waals surface area contributed by atoms with Gasteiger partial charge in [-0.15, -0.1) is 0 Å². The summed E-state index contributed by atoms with van der Waals surface area (Å²) >= 11 is 0. The van der Waals surface area contributed by atoms with Gasteiger partial charge in [-0.3, -0.25) is 9.48 Å². The number of rotatable bonds is 4. The van der Waals surface area contributed by atoms with Crippen LogP contribution in [0, 0.1) is 0 Å². The number of aliphatic hydroxyl groups excluding tert-OH is 1. The molecule has 0 spiro atoms. The van der Waals surface area contributed by atoms with E-state index < -0.39 is 6.10 Å². The fraction of sp³-hybridized carbons (Fsp3) is 0.714. The molecule has 0 aliphatic heterocycles. The highest BCUT2D eigenvalue weighted by molar-refractivity contribution is 5.92. The molecule has 1 aromatic rings. The number of hydrogen-bond donors (Lipinski definition) is 2. The molecule has 19 heavy (non-hydrogen) atoms. The summed E-state index contributed by atoms with van der Waals surface area (Å²) in [6, 6.07) is 1.72. The van der Waals surface area contributed by atoms with Crippen molar-refractivity contribution in [3.8, 4) is 0 Å². The Morgan fingerprint density at radius 3 is 2.84 bits per heavy atom. The highest BCUT2D eigenvalue weighted by Gasteiger charge is 2.26. The van der Waals surface area contributed by atoms with Gasteiger partial charge in [0, 0.05) is 6.54 Å². The Labute approximate surface area is 114 Å². The second-order valence-electron chi connectivity index (χ2n) is 5.12. The first-order valence-corrected chi connectivity index (χ1v) is 7.21. The molecular weight excluding hydrogens is 242 g/mol. The highest BCUT2D eigenvalue weighted by atomic mass is 16.3. The molecule has 0 aromatic carbocycles. The van der Waals surface area contributed by atoms with E-state index in [4.69, 9.17) is 0 Å². The van der Waals surface area contributed by atoms with Crippen molar-refractivity contribution < 1.29 is 9.90 Å². The predicted molar refractivity (Wildman–Crippen MR) is 73.0 cm³/mol. The average Bonchev–Trinajstić information content (AvgIpc) is 2.84. The van der Waals surface area contributed by atoms with Gasteiger partial charge in [0.1, 0.15) is 5.69 Å². The fourth-order valence-electron chi connectivity index (χ4n) is 2.59. The van der Waals surface area contributed by atoms with Crippen LogP contribution < -0.4 is 5.32 Å². The Hall–Kier alpha value is -1.36. The third-order valence-electron chi connectivity index (χ3n) is 3.77. The predicted octanol–water partition coefficient (Wildman–Crippen LogP) is 1.50. The molecule has 1 saturated carbocycles. The molecule has 0 bridgehead atoms. The van der Waals surface area contributed by atoms with Crippen LogP contribution in [0.2, 0.25) is 0 Å². The Balaban J connectivity index is 2.08. The minimum absolute atomic E-state index is 0.119. The van der Waals surface area contributed by atoms with Crippen LogP contribution in [0.25, 0.3) is 0 Å². The van der Waals surface area contributed by atoms with Gasteiger partial charge in [-0.25, -0.2) is 0 Å². The van der Waals surface area contributed by atoms with E-state index in [1.165, 1.54) is 0 Å². The van der Waals surface area contributed by atoms with Gasteiger partial charge in [-0.1, -0.05) is 19.8 Å². The molecule has 0 saturated heterocycles. The summed E-state index contributed by atoms with van der Waals surface area (Å²) in [7, 11) is 0. The van der Waals surface area contributed by atoms with Crippen molar-refractivity contribution in [2.45, 2.75) is 64.6 Å². The van der Waals surface area contributed by atoms with Gasteiger partial charge in [0.05, 0.1) is 17.8 Å². The van der Waals surface area contributed by atoms with Crippen LogP contribution in [0.3, 0.4) is 0 Å². The summed E-state index contributed by atoms with van der Waals surface area (Å²) in [5.74, 6) is -0.125. The van der Waals surface area contributed by atoms with Crippen LogP contribution >= 0.6 is 0 Å². The third kappa shape index (κ3) is 3.15. The van der Waals surface area contributed by atoms with Gasteiger partial charge < -0.3 is 10.4 Å². The van der Waals surface area contributed by atoms with E-state index >= 15 is 0 Å². The van der Waals surface area contributed by atoms with Gasteiger partial charge in [0.15, 0.2) is 0 Å². The van der Waals surface area contributed by atoms with Crippen LogP contribution in [-0.2, 0) is 13.0 Å². The fourth-order valence-corrected chi connectivity index (χ4v) is 2.59. The molecule has 106 valence electrons. The lowest BCUT2D eigenvalue weighted by Gasteiger charge is -2.28. The smallest absolute Gasteiger partial charge is 0.269 e. The number of carbonyl (C=O) groups is 1. The molecule has 2 atom stereocenters. The van der Waals surface area contributed by atoms with Crippen LogP contribution in [0.1, 0.15) is 55.7 Å². The van der Waals surface area contributed by atoms with Crippen molar-refractivity contribution >= 4 is 5.91 Å². The first-order chi connectivity index (χ1) is 9.15. The molecule has 2 rings (SSSR count). The lowest BCUT2D eigenvalue weighted by molar-refractivity contribution is 0.0710. The maximum absolute atomic E-state index is 12.3. The molecule has 1 fully saturated rings. The summed E-state index contributed by atoms with van der Waals surface area (Å²) in [5.41, 5.74) is 1.52. The van der Waals surface area contributed by atoms with Crippen molar-refractivity contribution in [2.24, 2.45) is 0 Å². The van der Waals surface area contributed by atoms with E-state index in [1.54, 1.807) is 4.68 Å². The van der Waals surface area contributed by atoms with E-state index in [-0.39, 0.29) is 11.9 Å². The largest absolute Gasteiger partial charge is 0.391 e. The number of aromatic nitrogens is 2. The zero-order valence-electron chi connectivity index (χ0n) is 11.7. The number of aliphatic hydroxyl groups is 1. The van der Waals surface area contributed by atoms with Crippen LogP contribution in [0.5, 0.6) is 0 Å². The minimum atomic E-state index is -0.415. The van der Waals surface area contributed by atoms with E-state index in [2.05, 4.69) is 10.4 Å². The van der Waals surface area contributed by atoms with Crippen molar-refractivity contribution in [2.75, 3.05) is 0 Å². The topological polar surface area (TPSA) is 67.2 Å². The second-order valence-corrected chi connectivity index (χ2v) is 5.12. The average molecular weight is 265 g/mol. The Bertz CT molecular complexity index is 442. The van der Waals surface area contributed by atoms with Crippen molar-refractivity contribution in [1.29, 1.82) is 0 Å². The van der Waals surface area contributed by atoms with Gasteiger partial charge in [0.2, 0.25) is 0 Å². The van der Waals surface area contributed by atoms with Crippen LogP contribution in [-0.4, -0.2) is 32.9 Å².